The lowest BCUT2D eigenvalue weighted by molar-refractivity contribution is -0.137. The van der Waals surface area contributed by atoms with Crippen LogP contribution < -0.4 is 0 Å². The summed E-state index contributed by atoms with van der Waals surface area (Å²) in [6, 6.07) is 11.8. The largest absolute Gasteiger partial charge is 0.457 e. The van der Waals surface area contributed by atoms with E-state index in [0.29, 0.717) is 5.56 Å². The van der Waals surface area contributed by atoms with Gasteiger partial charge in [-0.25, -0.2) is 4.79 Å². The molecule has 0 unspecified atom stereocenters. The topological polar surface area (TPSA) is 26.3 Å². The van der Waals surface area contributed by atoms with Crippen LogP contribution >= 0.6 is 0 Å². The Hall–Kier alpha value is -2.56. The molecule has 2 rings (SSSR count). The van der Waals surface area contributed by atoms with Crippen molar-refractivity contribution in [2.45, 2.75) is 12.8 Å². The molecule has 0 aliphatic rings. The third-order valence-electron chi connectivity index (χ3n) is 3.03. The Kier molecular flexibility index (Phi) is 4.65. The van der Waals surface area contributed by atoms with Crippen molar-refractivity contribution in [1.82, 2.24) is 0 Å². The Morgan fingerprint density at radius 3 is 2.41 bits per heavy atom. The van der Waals surface area contributed by atoms with Crippen LogP contribution in [0.1, 0.15) is 27.0 Å². The monoisotopic (exact) mass is 306 g/mol. The summed E-state index contributed by atoms with van der Waals surface area (Å²) in [5.74, 6) is -0.815. The highest BCUT2D eigenvalue weighted by molar-refractivity contribution is 5.93. The van der Waals surface area contributed by atoms with Gasteiger partial charge >= 0.3 is 12.1 Å². The van der Waals surface area contributed by atoms with Crippen molar-refractivity contribution in [2.75, 3.05) is 0 Å². The fourth-order valence-electron chi connectivity index (χ4n) is 1.89. The predicted octanol–water partition coefficient (Wildman–Crippen LogP) is 4.71. The minimum absolute atomic E-state index is 0.00744. The lowest BCUT2D eigenvalue weighted by atomic mass is 10.0. The first-order valence-corrected chi connectivity index (χ1v) is 6.46. The van der Waals surface area contributed by atoms with E-state index in [4.69, 9.17) is 4.74 Å². The molecule has 0 aromatic heterocycles. The first kappa shape index (κ1) is 15.8. The van der Waals surface area contributed by atoms with Gasteiger partial charge in [0.2, 0.25) is 0 Å². The van der Waals surface area contributed by atoms with Crippen molar-refractivity contribution in [3.63, 3.8) is 0 Å². The molecule has 0 saturated carbocycles. The average molecular weight is 306 g/mol. The first-order valence-electron chi connectivity index (χ1n) is 6.46. The maximum absolute atomic E-state index is 12.7. The number of carbonyl (C=O) groups excluding carboxylic acids is 1. The zero-order chi connectivity index (χ0) is 16.2. The number of ether oxygens (including phenoxy) is 1. The number of hydrogen-bond acceptors (Lipinski definition) is 2. The second-order valence-electron chi connectivity index (χ2n) is 4.57. The molecule has 0 saturated heterocycles. The highest BCUT2D eigenvalue weighted by Gasteiger charge is 2.31. The van der Waals surface area contributed by atoms with E-state index in [1.54, 1.807) is 24.3 Å². The predicted molar refractivity (Wildman–Crippen MR) is 77.1 cm³/mol. The molecular weight excluding hydrogens is 293 g/mol. The van der Waals surface area contributed by atoms with Crippen molar-refractivity contribution in [1.29, 1.82) is 0 Å². The van der Waals surface area contributed by atoms with Gasteiger partial charge in [-0.15, -0.1) is 0 Å². The van der Waals surface area contributed by atoms with Gasteiger partial charge in [0.25, 0.3) is 0 Å². The van der Waals surface area contributed by atoms with E-state index in [2.05, 4.69) is 6.58 Å². The quantitative estimate of drug-likeness (QED) is 0.765. The molecule has 114 valence electrons. The molecule has 0 N–H and O–H groups in total. The van der Waals surface area contributed by atoms with E-state index in [-0.39, 0.29) is 12.2 Å². The van der Waals surface area contributed by atoms with E-state index in [0.717, 1.165) is 17.7 Å². The SMILES string of the molecule is C=Cc1ccc(C(F)(F)F)cc1C(=O)OCc1ccccc1. The number of alkyl halides is 3. The molecule has 0 aliphatic carbocycles. The van der Waals surface area contributed by atoms with E-state index in [1.165, 1.54) is 12.1 Å². The molecule has 0 fully saturated rings. The second-order valence-corrected chi connectivity index (χ2v) is 4.57. The summed E-state index contributed by atoms with van der Waals surface area (Å²) in [5.41, 5.74) is -0.000409. The lowest BCUT2D eigenvalue weighted by Gasteiger charge is -2.11. The van der Waals surface area contributed by atoms with E-state index >= 15 is 0 Å². The third kappa shape index (κ3) is 3.75. The second kappa shape index (κ2) is 6.47. The Morgan fingerprint density at radius 1 is 1.14 bits per heavy atom. The number of esters is 1. The number of carbonyl (C=O) groups is 1. The van der Waals surface area contributed by atoms with Crippen molar-refractivity contribution >= 4 is 12.0 Å². The van der Waals surface area contributed by atoms with Crippen LogP contribution in [0.2, 0.25) is 0 Å². The van der Waals surface area contributed by atoms with E-state index < -0.39 is 17.7 Å². The first-order chi connectivity index (χ1) is 10.4. The highest BCUT2D eigenvalue weighted by atomic mass is 19.4. The van der Waals surface area contributed by atoms with E-state index in [9.17, 15) is 18.0 Å². The molecule has 0 heterocycles. The van der Waals surface area contributed by atoms with Gasteiger partial charge in [-0.2, -0.15) is 13.2 Å². The molecule has 2 aromatic carbocycles. The van der Waals surface area contributed by atoms with Gasteiger partial charge < -0.3 is 4.74 Å². The number of halogens is 3. The van der Waals surface area contributed by atoms with Crippen molar-refractivity contribution in [2.24, 2.45) is 0 Å². The van der Waals surface area contributed by atoms with Gasteiger partial charge in [0.1, 0.15) is 6.61 Å². The molecule has 0 amide bonds. The minimum atomic E-state index is -4.52. The van der Waals surface area contributed by atoms with E-state index in [1.807, 2.05) is 6.07 Å². The maximum Gasteiger partial charge on any atom is 0.416 e. The third-order valence-corrected chi connectivity index (χ3v) is 3.03. The normalized spacial score (nSPS) is 11.0. The fraction of sp³-hybridized carbons (Fsp3) is 0.118. The molecule has 2 nitrogen and oxygen atoms in total. The molecule has 0 aliphatic heterocycles. The van der Waals surface area contributed by atoms with Crippen LogP contribution in [0.3, 0.4) is 0 Å². The van der Waals surface area contributed by atoms with Crippen LogP contribution in [0.25, 0.3) is 6.08 Å². The van der Waals surface area contributed by atoms with Crippen LogP contribution in [0, 0.1) is 0 Å². The van der Waals surface area contributed by atoms with Gasteiger partial charge in [-0.1, -0.05) is 49.1 Å². The molecule has 0 spiro atoms. The van der Waals surface area contributed by atoms with Crippen LogP contribution in [0.4, 0.5) is 13.2 Å². The van der Waals surface area contributed by atoms with Crippen molar-refractivity contribution < 1.29 is 22.7 Å². The highest BCUT2D eigenvalue weighted by Crippen LogP contribution is 2.31. The van der Waals surface area contributed by atoms with Gasteiger partial charge in [0.05, 0.1) is 11.1 Å². The summed E-state index contributed by atoms with van der Waals surface area (Å²) in [6.07, 6.45) is -3.20. The Labute approximate surface area is 125 Å². The van der Waals surface area contributed by atoms with Gasteiger partial charge in [-0.05, 0) is 23.3 Å². The Bertz CT molecular complexity index is 676. The molecule has 0 atom stereocenters. The Morgan fingerprint density at radius 2 is 1.82 bits per heavy atom. The van der Waals surface area contributed by atoms with Gasteiger partial charge in [0, 0.05) is 0 Å². The summed E-state index contributed by atoms with van der Waals surface area (Å²) in [5, 5.41) is 0. The molecule has 0 bridgehead atoms. The Balaban J connectivity index is 2.22. The van der Waals surface area contributed by atoms with Crippen molar-refractivity contribution in [3.8, 4) is 0 Å². The summed E-state index contributed by atoms with van der Waals surface area (Å²) in [6.45, 7) is 3.49. The molecule has 2 aromatic rings. The minimum Gasteiger partial charge on any atom is -0.457 e. The summed E-state index contributed by atoms with van der Waals surface area (Å²) in [4.78, 5) is 12.0. The van der Waals surface area contributed by atoms with Crippen LogP contribution in [0.5, 0.6) is 0 Å². The molecule has 5 heteroatoms. The number of rotatable bonds is 4. The molecule has 0 radical (unpaired) electrons. The zero-order valence-electron chi connectivity index (χ0n) is 11.6. The van der Waals surface area contributed by atoms with Crippen LogP contribution in [-0.2, 0) is 17.5 Å². The number of hydrogen-bond donors (Lipinski definition) is 0. The average Bonchev–Trinajstić information content (AvgIpc) is 2.52. The lowest BCUT2D eigenvalue weighted by Crippen LogP contribution is -2.11. The van der Waals surface area contributed by atoms with Crippen LogP contribution in [-0.4, -0.2) is 5.97 Å². The van der Waals surface area contributed by atoms with Gasteiger partial charge in [-0.3, -0.25) is 0 Å². The summed E-state index contributed by atoms with van der Waals surface area (Å²) in [7, 11) is 0. The standard InChI is InChI=1S/C17H13F3O2/c1-2-13-8-9-14(17(18,19)20)10-15(13)16(21)22-11-12-6-4-3-5-7-12/h2-10H,1,11H2. The number of benzene rings is 2. The summed E-state index contributed by atoms with van der Waals surface area (Å²) >= 11 is 0. The van der Waals surface area contributed by atoms with Gasteiger partial charge in [0.15, 0.2) is 0 Å². The molecular formula is C17H13F3O2. The fourth-order valence-corrected chi connectivity index (χ4v) is 1.89. The zero-order valence-corrected chi connectivity index (χ0v) is 11.6. The smallest absolute Gasteiger partial charge is 0.416 e. The maximum atomic E-state index is 12.7. The summed E-state index contributed by atoms with van der Waals surface area (Å²) < 4.78 is 43.3. The molecule has 22 heavy (non-hydrogen) atoms. The van der Waals surface area contributed by atoms with Crippen molar-refractivity contribution in [3.05, 3.63) is 77.4 Å². The van der Waals surface area contributed by atoms with Crippen LogP contribution in [0.15, 0.2) is 55.1 Å².